The van der Waals surface area contributed by atoms with Gasteiger partial charge in [-0.15, -0.1) is 0 Å². The number of hydrogen-bond acceptors (Lipinski definition) is 11. The number of ether oxygens (including phenoxy) is 4. The van der Waals surface area contributed by atoms with Crippen molar-refractivity contribution in [2.45, 2.75) is 52.5 Å². The zero-order valence-corrected chi connectivity index (χ0v) is 25.9. The number of carbonyl (C=O) groups is 2. The molecule has 1 amide bonds. The first-order valence-corrected chi connectivity index (χ1v) is 15.6. The molecule has 0 aliphatic carbocycles. The minimum Gasteiger partial charge on any atom is -0.497 e. The second-order valence-corrected chi connectivity index (χ2v) is 12.0. The van der Waals surface area contributed by atoms with Crippen molar-refractivity contribution < 1.29 is 37.6 Å². The van der Waals surface area contributed by atoms with Crippen molar-refractivity contribution in [1.29, 1.82) is 0 Å². The van der Waals surface area contributed by atoms with Crippen molar-refractivity contribution in [2.75, 3.05) is 18.8 Å². The molecule has 0 spiro atoms. The maximum absolute atomic E-state index is 13.8. The van der Waals surface area contributed by atoms with E-state index in [1.165, 1.54) is 12.7 Å². The second-order valence-electron chi connectivity index (χ2n) is 10.0. The Bertz CT molecular complexity index is 1600. The Kier molecular flexibility index (Phi) is 10.9. The number of rotatable bonds is 14. The van der Waals surface area contributed by atoms with Crippen LogP contribution in [0.4, 0.5) is 10.6 Å². The molecular formula is C29H35N6O8P. The van der Waals surface area contributed by atoms with Crippen LogP contribution in [0, 0.1) is 0 Å². The molecule has 0 radical (unpaired) electrons. The lowest BCUT2D eigenvalue weighted by atomic mass is 10.3. The van der Waals surface area contributed by atoms with E-state index in [1.807, 2.05) is 0 Å². The summed E-state index contributed by atoms with van der Waals surface area (Å²) in [4.78, 5) is 37.7. The third-order valence-corrected chi connectivity index (χ3v) is 7.74. The predicted molar refractivity (Wildman–Crippen MR) is 162 cm³/mol. The number of anilines is 1. The average molecular weight is 627 g/mol. The van der Waals surface area contributed by atoms with Gasteiger partial charge in [0.25, 0.3) is 0 Å². The predicted octanol–water partition coefficient (Wildman–Crippen LogP) is 5.01. The van der Waals surface area contributed by atoms with Crippen molar-refractivity contribution in [3.8, 4) is 17.2 Å². The maximum atomic E-state index is 13.8. The van der Waals surface area contributed by atoms with Crippen molar-refractivity contribution in [2.24, 2.45) is 0 Å². The molecule has 0 aliphatic rings. The number of nitrogens with zero attached hydrogens (tertiary/aromatic N) is 4. The fourth-order valence-corrected chi connectivity index (χ4v) is 5.75. The topological polar surface area (TPSA) is 165 Å². The van der Waals surface area contributed by atoms with E-state index in [4.69, 9.17) is 23.5 Å². The van der Waals surface area contributed by atoms with Crippen molar-refractivity contribution >= 4 is 36.6 Å². The molecular weight excluding hydrogens is 591 g/mol. The van der Waals surface area contributed by atoms with Crippen LogP contribution in [0.25, 0.3) is 11.2 Å². The van der Waals surface area contributed by atoms with Gasteiger partial charge >= 0.3 is 19.6 Å². The molecule has 2 heterocycles. The van der Waals surface area contributed by atoms with Gasteiger partial charge in [0.05, 0.1) is 32.2 Å². The van der Waals surface area contributed by atoms with Crippen molar-refractivity contribution in [3.63, 3.8) is 0 Å². The lowest BCUT2D eigenvalue weighted by molar-refractivity contribution is -0.149. The SMILES string of the molecule is COc1ccc(OC(=O)Nc2ncnc3c2ncn3C[C@@H](C)OC[P@@](=O)(N[C@H](C)C(=O)OC(C)C)Oc2ccccc2)cc1. The number of imidazole rings is 1. The molecule has 0 fully saturated rings. The largest absolute Gasteiger partial charge is 0.497 e. The molecule has 2 aromatic heterocycles. The quantitative estimate of drug-likeness (QED) is 0.142. The highest BCUT2D eigenvalue weighted by molar-refractivity contribution is 7.57. The van der Waals surface area contributed by atoms with Crippen LogP contribution in [0.15, 0.2) is 67.3 Å². The molecule has 3 atom stereocenters. The van der Waals surface area contributed by atoms with Crippen molar-refractivity contribution in [3.05, 3.63) is 67.3 Å². The van der Waals surface area contributed by atoms with Crippen LogP contribution in [-0.4, -0.2) is 63.3 Å². The number of hydrogen-bond donors (Lipinski definition) is 2. The first kappa shape index (κ1) is 32.4. The summed E-state index contributed by atoms with van der Waals surface area (Å²) in [5.74, 6) is 0.897. The van der Waals surface area contributed by atoms with Gasteiger partial charge in [-0.3, -0.25) is 14.7 Å². The Morgan fingerprint density at radius 2 is 1.64 bits per heavy atom. The van der Waals surface area contributed by atoms with Crippen LogP contribution in [-0.2, 0) is 25.4 Å². The monoisotopic (exact) mass is 626 g/mol. The molecule has 0 bridgehead atoms. The standard InChI is InChI=1S/C29H35N6O8P/c1-19(2)41-28(36)21(4)34-44(38,43-24-9-7-6-8-10-24)18-40-20(3)15-35-17-32-25-26(30-16-31-27(25)35)33-29(37)42-23-13-11-22(39-5)12-14-23/h6-14,16-17,19-21H,15,18H2,1-5H3,(H,34,38)(H,30,31,33,37)/t20-,21-,44+/m1/s1. The highest BCUT2D eigenvalue weighted by Crippen LogP contribution is 2.44. The van der Waals surface area contributed by atoms with E-state index in [2.05, 4.69) is 25.4 Å². The van der Waals surface area contributed by atoms with Gasteiger partial charge in [-0.1, -0.05) is 18.2 Å². The Morgan fingerprint density at radius 3 is 2.32 bits per heavy atom. The summed E-state index contributed by atoms with van der Waals surface area (Å²) in [5, 5.41) is 5.36. The number of aromatic nitrogens is 4. The van der Waals surface area contributed by atoms with Crippen LogP contribution in [0.5, 0.6) is 17.2 Å². The fraction of sp³-hybridized carbons (Fsp3) is 0.345. The Balaban J connectivity index is 1.41. The molecule has 4 aromatic rings. The van der Waals surface area contributed by atoms with Gasteiger partial charge < -0.3 is 28.0 Å². The summed E-state index contributed by atoms with van der Waals surface area (Å²) < 4.78 is 43.0. The zero-order chi connectivity index (χ0) is 31.7. The van der Waals surface area contributed by atoms with E-state index in [0.717, 1.165) is 0 Å². The molecule has 0 aliphatic heterocycles. The number of carbonyl (C=O) groups excluding carboxylic acids is 2. The Hall–Kier alpha value is -4.52. The smallest absolute Gasteiger partial charge is 0.418 e. The van der Waals surface area contributed by atoms with Gasteiger partial charge in [-0.2, -0.15) is 0 Å². The van der Waals surface area contributed by atoms with Crippen LogP contribution in [0.2, 0.25) is 0 Å². The number of nitrogens with one attached hydrogen (secondary N) is 2. The Morgan fingerprint density at radius 1 is 0.932 bits per heavy atom. The number of benzene rings is 2. The summed E-state index contributed by atoms with van der Waals surface area (Å²) in [7, 11) is -2.19. The van der Waals surface area contributed by atoms with E-state index in [9.17, 15) is 14.2 Å². The summed E-state index contributed by atoms with van der Waals surface area (Å²) >= 11 is 0. The lowest BCUT2D eigenvalue weighted by Gasteiger charge is -2.25. The molecule has 2 N–H and O–H groups in total. The van der Waals surface area contributed by atoms with E-state index in [0.29, 0.717) is 28.4 Å². The summed E-state index contributed by atoms with van der Waals surface area (Å²) in [6.07, 6.45) is 0.899. The molecule has 0 saturated heterocycles. The third-order valence-electron chi connectivity index (χ3n) is 5.97. The summed E-state index contributed by atoms with van der Waals surface area (Å²) in [6.45, 7) is 7.05. The molecule has 44 heavy (non-hydrogen) atoms. The van der Waals surface area contributed by atoms with Gasteiger partial charge in [0, 0.05) is 0 Å². The van der Waals surface area contributed by atoms with Crippen LogP contribution >= 0.6 is 7.52 Å². The van der Waals surface area contributed by atoms with Gasteiger partial charge in [0.2, 0.25) is 0 Å². The second kappa shape index (κ2) is 14.8. The van der Waals surface area contributed by atoms with Crippen molar-refractivity contribution in [1.82, 2.24) is 24.6 Å². The number of amides is 1. The van der Waals surface area contributed by atoms with Gasteiger partial charge in [-0.05, 0) is 64.1 Å². The van der Waals surface area contributed by atoms with Crippen LogP contribution in [0.3, 0.4) is 0 Å². The molecule has 14 nitrogen and oxygen atoms in total. The van der Waals surface area contributed by atoms with E-state index >= 15 is 0 Å². The average Bonchev–Trinajstić information content (AvgIpc) is 3.40. The first-order valence-electron chi connectivity index (χ1n) is 13.8. The molecule has 15 heteroatoms. The molecule has 2 aromatic carbocycles. The van der Waals surface area contributed by atoms with Gasteiger partial charge in [0.15, 0.2) is 17.0 Å². The normalized spacial score (nSPS) is 14.0. The molecule has 0 unspecified atom stereocenters. The first-order chi connectivity index (χ1) is 21.0. The molecule has 234 valence electrons. The van der Waals surface area contributed by atoms with E-state index in [-0.39, 0.29) is 24.8 Å². The van der Waals surface area contributed by atoms with E-state index < -0.39 is 31.7 Å². The van der Waals surface area contributed by atoms with Crippen LogP contribution < -0.4 is 24.4 Å². The zero-order valence-electron chi connectivity index (χ0n) is 25.0. The summed E-state index contributed by atoms with van der Waals surface area (Å²) in [5.41, 5.74) is 0.769. The third kappa shape index (κ3) is 8.99. The fourth-order valence-electron chi connectivity index (χ4n) is 3.96. The number of esters is 1. The summed E-state index contributed by atoms with van der Waals surface area (Å²) in [6, 6.07) is 14.2. The highest BCUT2D eigenvalue weighted by atomic mass is 31.2. The van der Waals surface area contributed by atoms with E-state index in [1.54, 1.807) is 94.0 Å². The number of fused-ring (bicyclic) bond motifs is 1. The maximum Gasteiger partial charge on any atom is 0.418 e. The minimum atomic E-state index is -3.74. The van der Waals surface area contributed by atoms with Crippen LogP contribution in [0.1, 0.15) is 27.7 Å². The molecule has 0 saturated carbocycles. The van der Waals surface area contributed by atoms with Gasteiger partial charge in [-0.25, -0.2) is 24.8 Å². The molecule has 4 rings (SSSR count). The lowest BCUT2D eigenvalue weighted by Crippen LogP contribution is -2.37. The Labute approximate surface area is 254 Å². The minimum absolute atomic E-state index is 0.160. The number of para-hydroxylation sites is 1. The number of methoxy groups -OCH3 is 1. The van der Waals surface area contributed by atoms with Gasteiger partial charge in [0.1, 0.15) is 36.0 Å². The highest BCUT2D eigenvalue weighted by Gasteiger charge is 2.32.